The van der Waals surface area contributed by atoms with Crippen LogP contribution in [0.15, 0.2) is 12.4 Å². The van der Waals surface area contributed by atoms with Crippen molar-refractivity contribution in [2.45, 2.75) is 40.2 Å². The fourth-order valence-electron chi connectivity index (χ4n) is 1.92. The minimum Gasteiger partial charge on any atom is -0.481 e. The zero-order valence-electron chi connectivity index (χ0n) is 13.0. The lowest BCUT2D eigenvalue weighted by molar-refractivity contribution is -0.142. The third-order valence-corrected chi connectivity index (χ3v) is 3.00. The summed E-state index contributed by atoms with van der Waals surface area (Å²) in [6.07, 6.45) is 3.82. The number of aliphatic carboxylic acids is 1. The number of carboxylic acid groups (broad SMARTS) is 1. The van der Waals surface area contributed by atoms with Crippen LogP contribution in [0.3, 0.4) is 0 Å². The molecule has 1 atom stereocenters. The van der Waals surface area contributed by atoms with Gasteiger partial charge in [0.1, 0.15) is 0 Å². The van der Waals surface area contributed by atoms with E-state index in [9.17, 15) is 9.59 Å². The number of amides is 2. The topological polar surface area (TPSA) is 96.3 Å². The van der Waals surface area contributed by atoms with Gasteiger partial charge >= 0.3 is 12.0 Å². The van der Waals surface area contributed by atoms with E-state index in [0.29, 0.717) is 12.1 Å². The highest BCUT2D eigenvalue weighted by molar-refractivity contribution is 5.89. The summed E-state index contributed by atoms with van der Waals surface area (Å²) in [5.74, 6) is -1.20. The Morgan fingerprint density at radius 2 is 2.00 bits per heavy atom. The van der Waals surface area contributed by atoms with Gasteiger partial charge in [0, 0.05) is 18.8 Å². The first-order valence-electron chi connectivity index (χ1n) is 7.11. The molecule has 118 valence electrons. The van der Waals surface area contributed by atoms with Crippen LogP contribution in [0.5, 0.6) is 0 Å². The lowest BCUT2D eigenvalue weighted by Crippen LogP contribution is -2.36. The highest BCUT2D eigenvalue weighted by Gasteiger charge is 2.19. The third kappa shape index (κ3) is 5.85. The molecule has 0 saturated heterocycles. The number of carboxylic acids is 1. The molecule has 7 heteroatoms. The molecule has 3 N–H and O–H groups in total. The smallest absolute Gasteiger partial charge is 0.319 e. The SMILES string of the molecule is CC(C)CC(CNC(=O)Nc1cnn(C(C)C)c1)C(=O)O. The number of nitrogens with one attached hydrogen (secondary N) is 2. The largest absolute Gasteiger partial charge is 0.481 e. The van der Waals surface area contributed by atoms with Gasteiger partial charge < -0.3 is 15.7 Å². The quantitative estimate of drug-likeness (QED) is 0.719. The molecule has 0 aliphatic heterocycles. The van der Waals surface area contributed by atoms with Gasteiger partial charge in [-0.15, -0.1) is 0 Å². The summed E-state index contributed by atoms with van der Waals surface area (Å²) >= 11 is 0. The van der Waals surface area contributed by atoms with Crippen molar-refractivity contribution in [1.82, 2.24) is 15.1 Å². The highest BCUT2D eigenvalue weighted by Crippen LogP contribution is 2.12. The molecule has 0 saturated carbocycles. The molecule has 0 aromatic carbocycles. The maximum absolute atomic E-state index is 11.8. The Hall–Kier alpha value is -2.05. The van der Waals surface area contributed by atoms with Crippen molar-refractivity contribution in [3.63, 3.8) is 0 Å². The number of hydrogen-bond acceptors (Lipinski definition) is 3. The number of nitrogens with zero attached hydrogens (tertiary/aromatic N) is 2. The monoisotopic (exact) mass is 296 g/mol. The Morgan fingerprint density at radius 3 is 2.48 bits per heavy atom. The van der Waals surface area contributed by atoms with Crippen molar-refractivity contribution in [3.05, 3.63) is 12.4 Å². The van der Waals surface area contributed by atoms with Crippen LogP contribution in [0.4, 0.5) is 10.5 Å². The van der Waals surface area contributed by atoms with Crippen LogP contribution in [0.2, 0.25) is 0 Å². The van der Waals surface area contributed by atoms with Crippen molar-refractivity contribution in [2.24, 2.45) is 11.8 Å². The second kappa shape index (κ2) is 7.66. The summed E-state index contributed by atoms with van der Waals surface area (Å²) in [6.45, 7) is 7.99. The van der Waals surface area contributed by atoms with Crippen molar-refractivity contribution < 1.29 is 14.7 Å². The van der Waals surface area contributed by atoms with Gasteiger partial charge in [-0.2, -0.15) is 5.10 Å². The Morgan fingerprint density at radius 1 is 1.33 bits per heavy atom. The molecule has 0 radical (unpaired) electrons. The number of hydrogen-bond donors (Lipinski definition) is 3. The van der Waals surface area contributed by atoms with E-state index in [0.717, 1.165) is 0 Å². The molecular formula is C14H24N4O3. The van der Waals surface area contributed by atoms with Crippen LogP contribution < -0.4 is 10.6 Å². The van der Waals surface area contributed by atoms with Crippen LogP contribution in [-0.4, -0.2) is 33.4 Å². The van der Waals surface area contributed by atoms with Gasteiger partial charge in [-0.25, -0.2) is 4.79 Å². The van der Waals surface area contributed by atoms with E-state index in [1.807, 2.05) is 27.7 Å². The molecule has 0 aliphatic carbocycles. The van der Waals surface area contributed by atoms with Crippen molar-refractivity contribution in [3.8, 4) is 0 Å². The van der Waals surface area contributed by atoms with E-state index in [2.05, 4.69) is 15.7 Å². The lowest BCUT2D eigenvalue weighted by atomic mass is 9.97. The van der Waals surface area contributed by atoms with E-state index < -0.39 is 17.9 Å². The molecule has 1 rings (SSSR count). The summed E-state index contributed by atoms with van der Waals surface area (Å²) in [6, 6.07) is -0.209. The Kier molecular flexibility index (Phi) is 6.20. The fraction of sp³-hybridized carbons (Fsp3) is 0.643. The third-order valence-electron chi connectivity index (χ3n) is 3.00. The number of anilines is 1. The second-order valence-electron chi connectivity index (χ2n) is 5.80. The van der Waals surface area contributed by atoms with Gasteiger partial charge in [0.25, 0.3) is 0 Å². The molecule has 1 aromatic rings. The van der Waals surface area contributed by atoms with E-state index in [-0.39, 0.29) is 18.5 Å². The molecule has 7 nitrogen and oxygen atoms in total. The summed E-state index contributed by atoms with van der Waals surface area (Å²) in [7, 11) is 0. The fourth-order valence-corrected chi connectivity index (χ4v) is 1.92. The van der Waals surface area contributed by atoms with Crippen molar-refractivity contribution in [2.75, 3.05) is 11.9 Å². The molecule has 0 bridgehead atoms. The van der Waals surface area contributed by atoms with E-state index >= 15 is 0 Å². The highest BCUT2D eigenvalue weighted by atomic mass is 16.4. The molecule has 1 aromatic heterocycles. The van der Waals surface area contributed by atoms with Crippen molar-refractivity contribution >= 4 is 17.7 Å². The molecule has 0 spiro atoms. The molecule has 0 aliphatic rings. The summed E-state index contributed by atoms with van der Waals surface area (Å²) in [4.78, 5) is 22.9. The zero-order valence-corrected chi connectivity index (χ0v) is 13.0. The molecule has 1 unspecified atom stereocenters. The number of urea groups is 1. The lowest BCUT2D eigenvalue weighted by Gasteiger charge is -2.15. The standard InChI is InChI=1S/C14H24N4O3/c1-9(2)5-11(13(19)20)6-15-14(21)17-12-7-16-18(8-12)10(3)4/h7-11H,5-6H2,1-4H3,(H,19,20)(H2,15,17,21). The Labute approximate surface area is 124 Å². The van der Waals surface area contributed by atoms with Gasteiger partial charge in [0.2, 0.25) is 0 Å². The maximum atomic E-state index is 11.8. The minimum absolute atomic E-state index is 0.109. The summed E-state index contributed by atoms with van der Waals surface area (Å²) in [5, 5.41) is 18.4. The van der Waals surface area contributed by atoms with Gasteiger partial charge in [-0.3, -0.25) is 9.48 Å². The summed E-state index contributed by atoms with van der Waals surface area (Å²) < 4.78 is 1.73. The Balaban J connectivity index is 2.46. The molecule has 1 heterocycles. The maximum Gasteiger partial charge on any atom is 0.319 e. The molecule has 2 amide bonds. The predicted molar refractivity (Wildman–Crippen MR) is 80.2 cm³/mol. The number of carbonyl (C=O) groups is 2. The first-order chi connectivity index (χ1) is 9.79. The van der Waals surface area contributed by atoms with Crippen molar-refractivity contribution in [1.29, 1.82) is 0 Å². The van der Waals surface area contributed by atoms with E-state index in [1.165, 1.54) is 0 Å². The summed E-state index contributed by atoms with van der Waals surface area (Å²) in [5.41, 5.74) is 0.580. The van der Waals surface area contributed by atoms with Crippen LogP contribution in [0.1, 0.15) is 40.2 Å². The number of rotatable bonds is 7. The van der Waals surface area contributed by atoms with Gasteiger partial charge in [0.05, 0.1) is 17.8 Å². The Bertz CT molecular complexity index is 482. The first-order valence-corrected chi connectivity index (χ1v) is 7.11. The molecule has 21 heavy (non-hydrogen) atoms. The number of aromatic nitrogens is 2. The van der Waals surface area contributed by atoms with Gasteiger partial charge in [-0.05, 0) is 26.2 Å². The molecule has 0 fully saturated rings. The van der Waals surface area contributed by atoms with Crippen LogP contribution in [0, 0.1) is 11.8 Å². The molecular weight excluding hydrogens is 272 g/mol. The van der Waals surface area contributed by atoms with Crippen LogP contribution >= 0.6 is 0 Å². The van der Waals surface area contributed by atoms with Gasteiger partial charge in [0.15, 0.2) is 0 Å². The predicted octanol–water partition coefficient (Wildman–Crippen LogP) is 2.33. The van der Waals surface area contributed by atoms with E-state index in [1.54, 1.807) is 17.1 Å². The number of carbonyl (C=O) groups excluding carboxylic acids is 1. The average molecular weight is 296 g/mol. The van der Waals surface area contributed by atoms with Crippen LogP contribution in [0.25, 0.3) is 0 Å². The average Bonchev–Trinajstić information content (AvgIpc) is 2.82. The first kappa shape index (κ1) is 17.0. The van der Waals surface area contributed by atoms with Gasteiger partial charge in [-0.1, -0.05) is 13.8 Å². The van der Waals surface area contributed by atoms with Crippen LogP contribution in [-0.2, 0) is 4.79 Å². The van der Waals surface area contributed by atoms with E-state index in [4.69, 9.17) is 5.11 Å². The zero-order chi connectivity index (χ0) is 16.0. The normalized spacial score (nSPS) is 12.5. The minimum atomic E-state index is -0.892. The second-order valence-corrected chi connectivity index (χ2v) is 5.80.